The molecule has 3 nitrogen and oxygen atoms in total. The molecule has 0 bridgehead atoms. The van der Waals surface area contributed by atoms with Gasteiger partial charge in [0, 0.05) is 23.2 Å². The zero-order valence-corrected chi connectivity index (χ0v) is 10.2. The van der Waals surface area contributed by atoms with Crippen molar-refractivity contribution in [1.82, 2.24) is 5.32 Å². The molecule has 1 aromatic heterocycles. The number of thiophene rings is 1. The molecule has 17 heavy (non-hydrogen) atoms. The monoisotopic (exact) mass is 252 g/mol. The Balaban J connectivity index is 2.46. The predicted octanol–water partition coefficient (Wildman–Crippen LogP) is 2.04. The molecule has 0 saturated carbocycles. The Hall–Kier alpha value is -1.46. The summed E-state index contributed by atoms with van der Waals surface area (Å²) in [5, 5.41) is 3.23. The van der Waals surface area contributed by atoms with Gasteiger partial charge in [-0.25, -0.2) is 4.39 Å². The highest BCUT2D eigenvalue weighted by atomic mass is 32.1. The number of benzene rings is 1. The summed E-state index contributed by atoms with van der Waals surface area (Å²) in [5.41, 5.74) is 6.01. The van der Waals surface area contributed by atoms with E-state index in [2.05, 4.69) is 5.32 Å². The van der Waals surface area contributed by atoms with Crippen LogP contribution in [0.4, 0.5) is 4.39 Å². The van der Waals surface area contributed by atoms with Gasteiger partial charge in [-0.1, -0.05) is 6.07 Å². The minimum Gasteiger partial charge on any atom is -0.350 e. The van der Waals surface area contributed by atoms with E-state index in [1.54, 1.807) is 13.0 Å². The minimum atomic E-state index is -0.283. The van der Waals surface area contributed by atoms with E-state index < -0.39 is 0 Å². The van der Waals surface area contributed by atoms with E-state index in [4.69, 9.17) is 5.73 Å². The fourth-order valence-electron chi connectivity index (χ4n) is 1.74. The van der Waals surface area contributed by atoms with Crippen molar-refractivity contribution in [2.75, 3.05) is 13.1 Å². The molecule has 1 aromatic carbocycles. The first-order valence-corrected chi connectivity index (χ1v) is 6.12. The molecule has 0 unspecified atom stereocenters. The Morgan fingerprint density at radius 3 is 2.94 bits per heavy atom. The summed E-state index contributed by atoms with van der Waals surface area (Å²) in [6.45, 7) is 2.58. The minimum absolute atomic E-state index is 0.187. The molecule has 0 fully saturated rings. The number of hydrogen-bond acceptors (Lipinski definition) is 3. The predicted molar refractivity (Wildman–Crippen MR) is 67.9 cm³/mol. The van der Waals surface area contributed by atoms with Crippen molar-refractivity contribution in [3.05, 3.63) is 34.5 Å². The van der Waals surface area contributed by atoms with Gasteiger partial charge in [-0.2, -0.15) is 0 Å². The van der Waals surface area contributed by atoms with Crippen molar-refractivity contribution in [1.29, 1.82) is 0 Å². The first-order valence-electron chi connectivity index (χ1n) is 5.31. The van der Waals surface area contributed by atoms with Gasteiger partial charge in [0.2, 0.25) is 0 Å². The van der Waals surface area contributed by atoms with Crippen LogP contribution in [0.2, 0.25) is 0 Å². The van der Waals surface area contributed by atoms with Crippen LogP contribution in [0, 0.1) is 12.7 Å². The maximum Gasteiger partial charge on any atom is 0.261 e. The number of nitrogens with one attached hydrogen (secondary N) is 1. The summed E-state index contributed by atoms with van der Waals surface area (Å²) in [6, 6.07) is 4.87. The molecule has 2 rings (SSSR count). The van der Waals surface area contributed by atoms with Gasteiger partial charge < -0.3 is 11.1 Å². The summed E-state index contributed by atoms with van der Waals surface area (Å²) in [4.78, 5) is 12.4. The van der Waals surface area contributed by atoms with Crippen molar-refractivity contribution in [2.45, 2.75) is 6.92 Å². The molecule has 0 aliphatic rings. The van der Waals surface area contributed by atoms with Gasteiger partial charge in [-0.3, -0.25) is 4.79 Å². The first-order chi connectivity index (χ1) is 8.15. The Morgan fingerprint density at radius 1 is 1.53 bits per heavy atom. The van der Waals surface area contributed by atoms with Gasteiger partial charge in [-0.15, -0.1) is 11.3 Å². The summed E-state index contributed by atoms with van der Waals surface area (Å²) in [6.07, 6.45) is 0. The van der Waals surface area contributed by atoms with E-state index in [9.17, 15) is 9.18 Å². The largest absolute Gasteiger partial charge is 0.350 e. The third-order valence-corrected chi connectivity index (χ3v) is 3.79. The third kappa shape index (κ3) is 2.16. The first kappa shape index (κ1) is 12.0. The molecule has 0 radical (unpaired) electrons. The number of fused-ring (bicyclic) bond motifs is 1. The Kier molecular flexibility index (Phi) is 3.40. The number of amides is 1. The lowest BCUT2D eigenvalue weighted by atomic mass is 10.1. The fraction of sp³-hybridized carbons (Fsp3) is 0.250. The Labute approximate surface area is 102 Å². The maximum atomic E-state index is 13.6. The van der Waals surface area contributed by atoms with Crippen molar-refractivity contribution in [3.63, 3.8) is 0 Å². The normalized spacial score (nSPS) is 10.8. The van der Waals surface area contributed by atoms with Gasteiger partial charge in [0.05, 0.1) is 4.88 Å². The summed E-state index contributed by atoms with van der Waals surface area (Å²) >= 11 is 1.30. The quantitative estimate of drug-likeness (QED) is 0.878. The van der Waals surface area contributed by atoms with Gasteiger partial charge in [0.1, 0.15) is 5.82 Å². The number of carbonyl (C=O) groups is 1. The molecule has 0 aliphatic heterocycles. The van der Waals surface area contributed by atoms with Crippen LogP contribution in [-0.4, -0.2) is 19.0 Å². The van der Waals surface area contributed by atoms with Crippen molar-refractivity contribution >= 4 is 27.3 Å². The zero-order valence-electron chi connectivity index (χ0n) is 9.42. The van der Waals surface area contributed by atoms with E-state index in [0.717, 1.165) is 4.70 Å². The molecule has 0 atom stereocenters. The smallest absolute Gasteiger partial charge is 0.261 e. The van der Waals surface area contributed by atoms with Crippen molar-refractivity contribution in [2.24, 2.45) is 5.73 Å². The van der Waals surface area contributed by atoms with Gasteiger partial charge >= 0.3 is 0 Å². The second-order valence-electron chi connectivity index (χ2n) is 3.71. The highest BCUT2D eigenvalue weighted by molar-refractivity contribution is 7.21. The van der Waals surface area contributed by atoms with Crippen LogP contribution in [0.1, 0.15) is 15.2 Å². The second kappa shape index (κ2) is 4.81. The maximum absolute atomic E-state index is 13.6. The van der Waals surface area contributed by atoms with Gasteiger partial charge in [-0.05, 0) is 24.6 Å². The van der Waals surface area contributed by atoms with Crippen LogP contribution in [-0.2, 0) is 0 Å². The molecule has 1 heterocycles. The van der Waals surface area contributed by atoms with Crippen LogP contribution < -0.4 is 11.1 Å². The highest BCUT2D eigenvalue weighted by Gasteiger charge is 2.16. The molecular weight excluding hydrogens is 239 g/mol. The SMILES string of the molecule is Cc1c(C(=O)NCCN)sc2cccc(F)c12. The lowest BCUT2D eigenvalue weighted by Gasteiger charge is -2.01. The van der Waals surface area contributed by atoms with E-state index in [0.29, 0.717) is 28.9 Å². The van der Waals surface area contributed by atoms with Crippen LogP contribution in [0.25, 0.3) is 10.1 Å². The average Bonchev–Trinajstić information content (AvgIpc) is 2.65. The molecule has 3 N–H and O–H groups in total. The Morgan fingerprint density at radius 2 is 2.29 bits per heavy atom. The molecule has 0 saturated heterocycles. The second-order valence-corrected chi connectivity index (χ2v) is 4.77. The van der Waals surface area contributed by atoms with Crippen LogP contribution in [0.3, 0.4) is 0 Å². The summed E-state index contributed by atoms with van der Waals surface area (Å²) in [5.74, 6) is -0.470. The van der Waals surface area contributed by atoms with E-state index in [-0.39, 0.29) is 11.7 Å². The van der Waals surface area contributed by atoms with Crippen LogP contribution in [0.5, 0.6) is 0 Å². The zero-order chi connectivity index (χ0) is 12.4. The molecular formula is C12H13FN2OS. The summed E-state index contributed by atoms with van der Waals surface area (Å²) in [7, 11) is 0. The van der Waals surface area contributed by atoms with Crippen LogP contribution in [0.15, 0.2) is 18.2 Å². The number of carbonyl (C=O) groups excluding carboxylic acids is 1. The fourth-order valence-corrected chi connectivity index (χ4v) is 2.88. The van der Waals surface area contributed by atoms with E-state index >= 15 is 0 Å². The topological polar surface area (TPSA) is 55.1 Å². The van der Waals surface area contributed by atoms with Crippen LogP contribution >= 0.6 is 11.3 Å². The molecule has 90 valence electrons. The number of aryl methyl sites for hydroxylation is 1. The van der Waals surface area contributed by atoms with E-state index in [1.165, 1.54) is 17.4 Å². The highest BCUT2D eigenvalue weighted by Crippen LogP contribution is 2.32. The lowest BCUT2D eigenvalue weighted by Crippen LogP contribution is -2.28. The number of hydrogen-bond donors (Lipinski definition) is 2. The molecule has 1 amide bonds. The lowest BCUT2D eigenvalue weighted by molar-refractivity contribution is 0.0958. The molecule has 2 aromatic rings. The van der Waals surface area contributed by atoms with Crippen molar-refractivity contribution < 1.29 is 9.18 Å². The standard InChI is InChI=1S/C12H13FN2OS/c1-7-10-8(13)3-2-4-9(10)17-11(7)12(16)15-6-5-14/h2-4H,5-6,14H2,1H3,(H,15,16). The van der Waals surface area contributed by atoms with Gasteiger partial charge in [0.15, 0.2) is 0 Å². The molecule has 0 spiro atoms. The van der Waals surface area contributed by atoms with Gasteiger partial charge in [0.25, 0.3) is 5.91 Å². The average molecular weight is 252 g/mol. The number of halogens is 1. The van der Waals surface area contributed by atoms with Crippen molar-refractivity contribution in [3.8, 4) is 0 Å². The van der Waals surface area contributed by atoms with E-state index in [1.807, 2.05) is 6.07 Å². The number of nitrogens with two attached hydrogens (primary N) is 1. The number of rotatable bonds is 3. The molecule has 0 aliphatic carbocycles. The third-order valence-electron chi connectivity index (χ3n) is 2.54. The Bertz CT molecular complexity index is 565. The summed E-state index contributed by atoms with van der Waals surface area (Å²) < 4.78 is 14.4. The molecule has 5 heteroatoms.